The quantitative estimate of drug-likeness (QED) is 0.550. The Hall–Kier alpha value is -2.51. The molecule has 1 unspecified atom stereocenters. The largest absolute Gasteiger partial charge is 0.423 e. The lowest BCUT2D eigenvalue weighted by atomic mass is 9.88. The predicted molar refractivity (Wildman–Crippen MR) is 104 cm³/mol. The third kappa shape index (κ3) is 3.97. The van der Waals surface area contributed by atoms with Gasteiger partial charge in [0.15, 0.2) is 5.76 Å². The molecule has 0 aliphatic heterocycles. The molecule has 4 rings (SSSR count). The van der Waals surface area contributed by atoms with Crippen molar-refractivity contribution in [3.8, 4) is 11.3 Å². The number of halogens is 4. The first-order chi connectivity index (χ1) is 13.7. The van der Waals surface area contributed by atoms with Gasteiger partial charge in [-0.1, -0.05) is 29.8 Å². The van der Waals surface area contributed by atoms with Crippen LogP contribution >= 0.6 is 11.6 Å². The van der Waals surface area contributed by atoms with E-state index in [-0.39, 0.29) is 12.1 Å². The van der Waals surface area contributed by atoms with E-state index in [1.165, 1.54) is 17.7 Å². The summed E-state index contributed by atoms with van der Waals surface area (Å²) in [6.07, 6.45) is -2.84. The summed E-state index contributed by atoms with van der Waals surface area (Å²) in [5.74, 6) is 0.341. The number of hydrogen-bond donors (Lipinski definition) is 2. The maximum absolute atomic E-state index is 12.9. The number of aromatic nitrogens is 1. The molecular weight excluding hydrogens is 405 g/mol. The van der Waals surface area contributed by atoms with Crippen LogP contribution in [0, 0.1) is 6.92 Å². The summed E-state index contributed by atoms with van der Waals surface area (Å²) >= 11 is 5.82. The van der Waals surface area contributed by atoms with Gasteiger partial charge in [0.2, 0.25) is 0 Å². The Morgan fingerprint density at radius 2 is 2.03 bits per heavy atom. The van der Waals surface area contributed by atoms with Gasteiger partial charge in [-0.05, 0) is 49.1 Å². The molecule has 4 nitrogen and oxygen atoms in total. The Morgan fingerprint density at radius 1 is 1.24 bits per heavy atom. The van der Waals surface area contributed by atoms with E-state index in [9.17, 15) is 18.3 Å². The van der Waals surface area contributed by atoms with Crippen LogP contribution in [0.25, 0.3) is 11.3 Å². The van der Waals surface area contributed by atoms with Gasteiger partial charge in [0.1, 0.15) is 0 Å². The highest BCUT2D eigenvalue weighted by molar-refractivity contribution is 6.31. The first kappa shape index (κ1) is 19.8. The molecule has 0 radical (unpaired) electrons. The fraction of sp³-hybridized carbons (Fsp3) is 0.286. The molecule has 8 heteroatoms. The fourth-order valence-corrected chi connectivity index (χ4v) is 3.89. The van der Waals surface area contributed by atoms with Crippen LogP contribution in [0.15, 0.2) is 40.8 Å². The van der Waals surface area contributed by atoms with Gasteiger partial charge in [0.25, 0.3) is 6.01 Å². The van der Waals surface area contributed by atoms with E-state index >= 15 is 0 Å². The zero-order chi connectivity index (χ0) is 20.8. The minimum Gasteiger partial charge on any atom is -0.423 e. The van der Waals surface area contributed by atoms with Crippen molar-refractivity contribution in [1.29, 1.82) is 0 Å². The van der Waals surface area contributed by atoms with Crippen molar-refractivity contribution < 1.29 is 22.7 Å². The van der Waals surface area contributed by atoms with Crippen molar-refractivity contribution in [2.75, 3.05) is 5.32 Å². The molecule has 1 aliphatic rings. The fourth-order valence-electron chi connectivity index (χ4n) is 3.61. The molecule has 0 bridgehead atoms. The van der Waals surface area contributed by atoms with Crippen molar-refractivity contribution in [1.82, 2.24) is 4.98 Å². The van der Waals surface area contributed by atoms with Crippen LogP contribution in [0.5, 0.6) is 0 Å². The number of aryl methyl sites for hydroxylation is 2. The second-order valence-electron chi connectivity index (χ2n) is 7.09. The molecule has 0 fully saturated rings. The molecule has 1 aromatic heterocycles. The Balaban J connectivity index is 1.64. The number of alkyl halides is 3. The summed E-state index contributed by atoms with van der Waals surface area (Å²) < 4.78 is 44.6. The van der Waals surface area contributed by atoms with Crippen LogP contribution in [-0.4, -0.2) is 16.2 Å². The van der Waals surface area contributed by atoms with Crippen LogP contribution in [0.2, 0.25) is 5.02 Å². The summed E-state index contributed by atoms with van der Waals surface area (Å²) in [5.41, 5.74) is 3.01. The molecule has 0 amide bonds. The summed E-state index contributed by atoms with van der Waals surface area (Å²) in [7, 11) is 0. The number of aliphatic hydroxyl groups excluding tert-OH is 1. The molecule has 152 valence electrons. The third-order valence-corrected chi connectivity index (χ3v) is 5.35. The maximum Gasteiger partial charge on any atom is 0.417 e. The average Bonchev–Trinajstić information content (AvgIpc) is 3.01. The normalized spacial score (nSPS) is 16.6. The highest BCUT2D eigenvalue weighted by atomic mass is 35.5. The van der Waals surface area contributed by atoms with Crippen LogP contribution in [-0.2, 0) is 19.0 Å². The van der Waals surface area contributed by atoms with E-state index in [0.29, 0.717) is 23.4 Å². The number of fused-ring (bicyclic) bond motifs is 1. The van der Waals surface area contributed by atoms with Gasteiger partial charge < -0.3 is 14.8 Å². The molecule has 0 saturated carbocycles. The number of nitrogens with zero attached hydrogens (tertiary/aromatic N) is 1. The van der Waals surface area contributed by atoms with Crippen LogP contribution in [0.3, 0.4) is 0 Å². The molecule has 0 saturated heterocycles. The van der Waals surface area contributed by atoms with Crippen molar-refractivity contribution >= 4 is 23.3 Å². The molecule has 2 aromatic carbocycles. The molecule has 1 atom stereocenters. The first-order valence-electron chi connectivity index (χ1n) is 9.13. The summed E-state index contributed by atoms with van der Waals surface area (Å²) in [6, 6.07) is 9.53. The molecule has 2 N–H and O–H groups in total. The van der Waals surface area contributed by atoms with Crippen LogP contribution in [0.4, 0.5) is 24.9 Å². The first-order valence-corrected chi connectivity index (χ1v) is 9.50. The van der Waals surface area contributed by atoms with Gasteiger partial charge in [-0.2, -0.15) is 18.2 Å². The standard InChI is InChI=1S/C21H18ClF3N2O2/c1-11-19(13-6-8-16(17(22)9-13)21(23,24)25)29-20(26-11)27-18-4-2-3-12-5-7-14(28)10-15(12)18/h2-4,6,8-9,14,28H,5,7,10H2,1H3,(H,26,27). The van der Waals surface area contributed by atoms with Crippen molar-refractivity contribution in [2.45, 2.75) is 38.5 Å². The van der Waals surface area contributed by atoms with Crippen molar-refractivity contribution in [3.05, 3.63) is 63.8 Å². The maximum atomic E-state index is 12.9. The lowest BCUT2D eigenvalue weighted by Gasteiger charge is -2.23. The summed E-state index contributed by atoms with van der Waals surface area (Å²) in [4.78, 5) is 4.35. The number of anilines is 2. The van der Waals surface area contributed by atoms with E-state index in [1.807, 2.05) is 18.2 Å². The monoisotopic (exact) mass is 422 g/mol. The lowest BCUT2D eigenvalue weighted by molar-refractivity contribution is -0.137. The van der Waals surface area contributed by atoms with Gasteiger partial charge in [-0.25, -0.2) is 0 Å². The summed E-state index contributed by atoms with van der Waals surface area (Å²) in [5, 5.41) is 12.7. The Bertz CT molecular complexity index is 1060. The molecule has 3 aromatic rings. The van der Waals surface area contributed by atoms with Gasteiger partial charge in [0, 0.05) is 17.7 Å². The Morgan fingerprint density at radius 3 is 2.76 bits per heavy atom. The van der Waals surface area contributed by atoms with Crippen molar-refractivity contribution in [2.24, 2.45) is 0 Å². The zero-order valence-electron chi connectivity index (χ0n) is 15.5. The smallest absolute Gasteiger partial charge is 0.417 e. The Labute approximate surface area is 170 Å². The van der Waals surface area contributed by atoms with Gasteiger partial charge >= 0.3 is 6.18 Å². The third-order valence-electron chi connectivity index (χ3n) is 5.03. The van der Waals surface area contributed by atoms with E-state index in [0.717, 1.165) is 30.2 Å². The molecule has 1 aliphatic carbocycles. The minimum atomic E-state index is -4.52. The predicted octanol–water partition coefficient (Wildman–Crippen LogP) is 5.92. The molecule has 1 heterocycles. The van der Waals surface area contributed by atoms with Crippen molar-refractivity contribution in [3.63, 3.8) is 0 Å². The number of oxazole rings is 1. The second-order valence-corrected chi connectivity index (χ2v) is 7.50. The SMILES string of the molecule is Cc1nc(Nc2cccc3c2CC(O)CC3)oc1-c1ccc(C(F)(F)F)c(Cl)c1. The molecule has 29 heavy (non-hydrogen) atoms. The zero-order valence-corrected chi connectivity index (χ0v) is 16.2. The minimum absolute atomic E-state index is 0.224. The highest BCUT2D eigenvalue weighted by Crippen LogP contribution is 2.38. The number of nitrogens with one attached hydrogen (secondary N) is 1. The van der Waals surface area contributed by atoms with E-state index < -0.39 is 16.8 Å². The summed E-state index contributed by atoms with van der Waals surface area (Å²) in [6.45, 7) is 1.71. The lowest BCUT2D eigenvalue weighted by Crippen LogP contribution is -2.19. The second kappa shape index (κ2) is 7.39. The van der Waals surface area contributed by atoms with Crippen LogP contribution in [0.1, 0.15) is 28.8 Å². The molecular formula is C21H18ClF3N2O2. The number of benzene rings is 2. The van der Waals surface area contributed by atoms with Gasteiger partial charge in [-0.3, -0.25) is 0 Å². The highest BCUT2D eigenvalue weighted by Gasteiger charge is 2.33. The van der Waals surface area contributed by atoms with Crippen LogP contribution < -0.4 is 5.32 Å². The average molecular weight is 423 g/mol. The Kier molecular flexibility index (Phi) is 5.04. The van der Waals surface area contributed by atoms with E-state index in [4.69, 9.17) is 16.0 Å². The van der Waals surface area contributed by atoms with E-state index in [1.54, 1.807) is 6.92 Å². The number of aliphatic hydroxyl groups is 1. The topological polar surface area (TPSA) is 58.3 Å². The number of rotatable bonds is 3. The van der Waals surface area contributed by atoms with Gasteiger partial charge in [0.05, 0.1) is 22.4 Å². The molecule has 0 spiro atoms. The number of hydrogen-bond acceptors (Lipinski definition) is 4. The van der Waals surface area contributed by atoms with Gasteiger partial charge in [-0.15, -0.1) is 0 Å². The van der Waals surface area contributed by atoms with E-state index in [2.05, 4.69) is 10.3 Å².